The summed E-state index contributed by atoms with van der Waals surface area (Å²) < 4.78 is 0. The molecule has 30 heavy (non-hydrogen) atoms. The maximum atomic E-state index is 13.3. The molecule has 1 N–H and O–H groups in total. The molecule has 1 heterocycles. The zero-order valence-electron chi connectivity index (χ0n) is 17.8. The fourth-order valence-electron chi connectivity index (χ4n) is 5.56. The summed E-state index contributed by atoms with van der Waals surface area (Å²) in [5.41, 5.74) is 0.751. The molecule has 1 aromatic rings. The van der Waals surface area contributed by atoms with Crippen molar-refractivity contribution < 1.29 is 9.59 Å². The van der Waals surface area contributed by atoms with E-state index in [4.69, 9.17) is 11.6 Å². The van der Waals surface area contributed by atoms with E-state index >= 15 is 0 Å². The summed E-state index contributed by atoms with van der Waals surface area (Å²) in [5.74, 6) is 1.03. The Morgan fingerprint density at radius 2 is 1.60 bits per heavy atom. The summed E-state index contributed by atoms with van der Waals surface area (Å²) in [6.07, 6.45) is 10.3. The van der Waals surface area contributed by atoms with E-state index in [-0.39, 0.29) is 17.9 Å². The molecule has 164 valence electrons. The highest BCUT2D eigenvalue weighted by Gasteiger charge is 2.38. The molecule has 1 saturated heterocycles. The molecule has 1 aliphatic heterocycles. The molecular formula is C24H34ClN3O2. The Bertz CT molecular complexity index is 736. The van der Waals surface area contributed by atoms with Crippen LogP contribution in [0.2, 0.25) is 5.02 Å². The van der Waals surface area contributed by atoms with E-state index in [0.717, 1.165) is 57.5 Å². The van der Waals surface area contributed by atoms with E-state index in [0.29, 0.717) is 16.8 Å². The lowest BCUT2D eigenvalue weighted by Gasteiger charge is -2.41. The first-order valence-corrected chi connectivity index (χ1v) is 12.1. The van der Waals surface area contributed by atoms with E-state index in [9.17, 15) is 9.59 Å². The van der Waals surface area contributed by atoms with Crippen molar-refractivity contribution in [3.63, 3.8) is 0 Å². The molecule has 1 atom stereocenters. The number of hydrogen-bond donors (Lipinski definition) is 1. The summed E-state index contributed by atoms with van der Waals surface area (Å²) >= 11 is 6.09. The van der Waals surface area contributed by atoms with Crippen LogP contribution in [0.1, 0.15) is 57.8 Å². The average molecular weight is 432 g/mol. The van der Waals surface area contributed by atoms with Crippen molar-refractivity contribution in [1.29, 1.82) is 0 Å². The zero-order valence-corrected chi connectivity index (χ0v) is 18.6. The average Bonchev–Trinajstić information content (AvgIpc) is 3.29. The Labute approximate surface area is 185 Å². The van der Waals surface area contributed by atoms with E-state index in [2.05, 4.69) is 10.2 Å². The van der Waals surface area contributed by atoms with Crippen molar-refractivity contribution in [3.05, 3.63) is 29.3 Å². The number of benzene rings is 1. The molecule has 0 bridgehead atoms. The minimum atomic E-state index is -0.126. The fraction of sp³-hybridized carbons (Fsp3) is 0.667. The van der Waals surface area contributed by atoms with Crippen molar-refractivity contribution in [3.8, 4) is 0 Å². The summed E-state index contributed by atoms with van der Waals surface area (Å²) in [6.45, 7) is 3.04. The lowest BCUT2D eigenvalue weighted by Crippen LogP contribution is -2.57. The van der Waals surface area contributed by atoms with Gasteiger partial charge in [0.2, 0.25) is 11.8 Å². The number of carbonyl (C=O) groups excluding carboxylic acids is 2. The van der Waals surface area contributed by atoms with Gasteiger partial charge < -0.3 is 10.2 Å². The molecule has 0 radical (unpaired) electrons. The number of carbonyl (C=O) groups is 2. The van der Waals surface area contributed by atoms with Gasteiger partial charge in [-0.15, -0.1) is 0 Å². The zero-order chi connectivity index (χ0) is 20.9. The molecule has 1 aromatic carbocycles. The topological polar surface area (TPSA) is 52.7 Å². The molecule has 3 fully saturated rings. The van der Waals surface area contributed by atoms with Gasteiger partial charge in [-0.1, -0.05) is 49.8 Å². The SMILES string of the molecule is O=C(Nc1cccc(Cl)c1)[C@H](C1CCCC1)N1CCN(C(=O)C2CCCCC2)CC1. The van der Waals surface area contributed by atoms with Crippen LogP contribution in [0.4, 0.5) is 5.69 Å². The first kappa shape index (κ1) is 21.6. The molecule has 4 rings (SSSR count). The summed E-state index contributed by atoms with van der Waals surface area (Å²) in [7, 11) is 0. The Morgan fingerprint density at radius 3 is 2.27 bits per heavy atom. The predicted molar refractivity (Wildman–Crippen MR) is 121 cm³/mol. The van der Waals surface area contributed by atoms with Gasteiger partial charge in [-0.25, -0.2) is 0 Å². The number of nitrogens with zero attached hydrogens (tertiary/aromatic N) is 2. The molecule has 3 aliphatic rings. The lowest BCUT2D eigenvalue weighted by atomic mass is 9.88. The maximum absolute atomic E-state index is 13.3. The minimum absolute atomic E-state index is 0.0659. The standard InChI is InChI=1S/C24H34ClN3O2/c25-20-11-6-12-21(17-20)26-23(29)22(18-7-4-5-8-18)27-13-15-28(16-14-27)24(30)19-9-2-1-3-10-19/h6,11-12,17-19,22H,1-5,7-10,13-16H2,(H,26,29)/t22-/m0/s1. The number of rotatable bonds is 5. The smallest absolute Gasteiger partial charge is 0.242 e. The molecule has 2 amide bonds. The first-order chi connectivity index (χ1) is 14.6. The first-order valence-electron chi connectivity index (χ1n) is 11.7. The molecule has 5 nitrogen and oxygen atoms in total. The molecule has 0 unspecified atom stereocenters. The minimum Gasteiger partial charge on any atom is -0.340 e. The van der Waals surface area contributed by atoms with E-state index < -0.39 is 0 Å². The van der Waals surface area contributed by atoms with Gasteiger partial charge in [0, 0.05) is 42.8 Å². The second kappa shape index (κ2) is 10.1. The van der Waals surface area contributed by atoms with E-state index in [1.807, 2.05) is 23.1 Å². The number of piperazine rings is 1. The number of nitrogens with one attached hydrogen (secondary N) is 1. The fourth-order valence-corrected chi connectivity index (χ4v) is 5.75. The van der Waals surface area contributed by atoms with Crippen molar-refractivity contribution in [2.45, 2.75) is 63.8 Å². The molecular weight excluding hydrogens is 398 g/mol. The van der Waals surface area contributed by atoms with Crippen LogP contribution in [0.15, 0.2) is 24.3 Å². The Morgan fingerprint density at radius 1 is 0.933 bits per heavy atom. The summed E-state index contributed by atoms with van der Waals surface area (Å²) in [6, 6.07) is 7.23. The highest BCUT2D eigenvalue weighted by atomic mass is 35.5. The highest BCUT2D eigenvalue weighted by Crippen LogP contribution is 2.32. The molecule has 6 heteroatoms. The van der Waals surface area contributed by atoms with Crippen molar-refractivity contribution in [2.24, 2.45) is 11.8 Å². The number of halogens is 1. The van der Waals surface area contributed by atoms with Crippen LogP contribution in [0, 0.1) is 11.8 Å². The third-order valence-corrected chi connectivity index (χ3v) is 7.42. The predicted octanol–water partition coefficient (Wildman–Crippen LogP) is 4.56. The van der Waals surface area contributed by atoms with Gasteiger partial charge in [0.1, 0.15) is 0 Å². The van der Waals surface area contributed by atoms with Crippen molar-refractivity contribution in [2.75, 3.05) is 31.5 Å². The van der Waals surface area contributed by atoms with E-state index in [1.165, 1.54) is 32.1 Å². The van der Waals surface area contributed by atoms with Crippen molar-refractivity contribution in [1.82, 2.24) is 9.80 Å². The largest absolute Gasteiger partial charge is 0.340 e. The van der Waals surface area contributed by atoms with Crippen LogP contribution < -0.4 is 5.32 Å². The van der Waals surface area contributed by atoms with Crippen LogP contribution in [0.3, 0.4) is 0 Å². The Balaban J connectivity index is 1.39. The van der Waals surface area contributed by atoms with Gasteiger partial charge in [0.05, 0.1) is 6.04 Å². The molecule has 0 aromatic heterocycles. The van der Waals surface area contributed by atoms with Crippen LogP contribution in [0.5, 0.6) is 0 Å². The molecule has 2 aliphatic carbocycles. The second-order valence-electron chi connectivity index (χ2n) is 9.19. The summed E-state index contributed by atoms with van der Waals surface area (Å²) in [5, 5.41) is 3.72. The van der Waals surface area contributed by atoms with Crippen LogP contribution in [-0.4, -0.2) is 53.8 Å². The van der Waals surface area contributed by atoms with Gasteiger partial charge in [-0.2, -0.15) is 0 Å². The third kappa shape index (κ3) is 5.17. The van der Waals surface area contributed by atoms with Crippen LogP contribution >= 0.6 is 11.6 Å². The Kier molecular flexibility index (Phi) is 7.32. The van der Waals surface area contributed by atoms with Crippen LogP contribution in [-0.2, 0) is 9.59 Å². The van der Waals surface area contributed by atoms with E-state index in [1.54, 1.807) is 6.07 Å². The normalized spacial score (nSPS) is 22.8. The van der Waals surface area contributed by atoms with Crippen LogP contribution in [0.25, 0.3) is 0 Å². The van der Waals surface area contributed by atoms with Gasteiger partial charge in [0.25, 0.3) is 0 Å². The van der Waals surface area contributed by atoms with Gasteiger partial charge in [-0.3, -0.25) is 14.5 Å². The highest BCUT2D eigenvalue weighted by molar-refractivity contribution is 6.30. The second-order valence-corrected chi connectivity index (χ2v) is 9.62. The molecule has 2 saturated carbocycles. The van der Waals surface area contributed by atoms with Gasteiger partial charge in [-0.05, 0) is 49.8 Å². The third-order valence-electron chi connectivity index (χ3n) is 7.18. The quantitative estimate of drug-likeness (QED) is 0.743. The molecule has 0 spiro atoms. The van der Waals surface area contributed by atoms with Gasteiger partial charge >= 0.3 is 0 Å². The number of anilines is 1. The monoisotopic (exact) mass is 431 g/mol. The van der Waals surface area contributed by atoms with Gasteiger partial charge in [0.15, 0.2) is 0 Å². The maximum Gasteiger partial charge on any atom is 0.242 e. The summed E-state index contributed by atoms with van der Waals surface area (Å²) in [4.78, 5) is 30.6. The number of amides is 2. The van der Waals surface area contributed by atoms with Crippen molar-refractivity contribution >= 4 is 29.1 Å². The Hall–Kier alpha value is -1.59. The number of hydrogen-bond acceptors (Lipinski definition) is 3. The lowest BCUT2D eigenvalue weighted by molar-refractivity contribution is -0.139.